The first kappa shape index (κ1) is 13.7. The first-order valence-corrected chi connectivity index (χ1v) is 8.16. The van der Waals surface area contributed by atoms with Crippen LogP contribution in [0.3, 0.4) is 0 Å². The molecule has 1 N–H and O–H groups in total. The molecule has 0 radical (unpaired) electrons. The van der Waals surface area contributed by atoms with Crippen molar-refractivity contribution in [3.8, 4) is 0 Å². The summed E-state index contributed by atoms with van der Waals surface area (Å²) in [6.07, 6.45) is 4.23. The molecule has 0 aliphatic carbocycles. The van der Waals surface area contributed by atoms with Gasteiger partial charge in [-0.2, -0.15) is 11.8 Å². The Morgan fingerprint density at radius 2 is 2.29 bits per heavy atom. The molecule has 17 heavy (non-hydrogen) atoms. The molecule has 100 valence electrons. The fourth-order valence-corrected chi connectivity index (χ4v) is 4.40. The largest absolute Gasteiger partial charge is 0.314 e. The minimum absolute atomic E-state index is 0.556. The third-order valence-corrected chi connectivity index (χ3v) is 5.57. The zero-order valence-corrected chi connectivity index (χ0v) is 12.5. The van der Waals surface area contributed by atoms with Crippen LogP contribution >= 0.6 is 11.8 Å². The van der Waals surface area contributed by atoms with E-state index in [1.165, 1.54) is 51.2 Å². The standard InChI is InChI=1S/C14H28N2S/c1-12(2)15-9-13-5-7-16(10-13)11-14(3)6-4-8-17-14/h12-13,15H,4-11H2,1-3H3. The van der Waals surface area contributed by atoms with E-state index in [1.807, 2.05) is 0 Å². The van der Waals surface area contributed by atoms with E-state index in [4.69, 9.17) is 0 Å². The zero-order valence-electron chi connectivity index (χ0n) is 11.7. The van der Waals surface area contributed by atoms with Crippen LogP contribution in [0.25, 0.3) is 0 Å². The molecule has 0 amide bonds. The van der Waals surface area contributed by atoms with Crippen LogP contribution in [-0.4, -0.2) is 47.6 Å². The second kappa shape index (κ2) is 5.94. The van der Waals surface area contributed by atoms with Gasteiger partial charge < -0.3 is 10.2 Å². The average molecular weight is 256 g/mol. The van der Waals surface area contributed by atoms with Gasteiger partial charge in [-0.25, -0.2) is 0 Å². The summed E-state index contributed by atoms with van der Waals surface area (Å²) >= 11 is 2.19. The smallest absolute Gasteiger partial charge is 0.0259 e. The van der Waals surface area contributed by atoms with E-state index in [2.05, 4.69) is 42.7 Å². The highest BCUT2D eigenvalue weighted by atomic mass is 32.2. The van der Waals surface area contributed by atoms with Crippen molar-refractivity contribution in [2.24, 2.45) is 5.92 Å². The van der Waals surface area contributed by atoms with Crippen molar-refractivity contribution in [2.75, 3.05) is 31.9 Å². The second-order valence-electron chi connectivity index (χ2n) is 6.35. The molecular formula is C14H28N2S. The summed E-state index contributed by atoms with van der Waals surface area (Å²) in [5, 5.41) is 3.58. The van der Waals surface area contributed by atoms with E-state index in [-0.39, 0.29) is 0 Å². The quantitative estimate of drug-likeness (QED) is 0.814. The van der Waals surface area contributed by atoms with Gasteiger partial charge in [-0.05, 0) is 50.9 Å². The summed E-state index contributed by atoms with van der Waals surface area (Å²) in [6, 6.07) is 0.631. The van der Waals surface area contributed by atoms with Crippen molar-refractivity contribution in [2.45, 2.75) is 50.8 Å². The molecule has 2 aliphatic heterocycles. The van der Waals surface area contributed by atoms with Gasteiger partial charge >= 0.3 is 0 Å². The maximum absolute atomic E-state index is 3.58. The lowest BCUT2D eigenvalue weighted by Gasteiger charge is -2.29. The Morgan fingerprint density at radius 1 is 1.47 bits per heavy atom. The van der Waals surface area contributed by atoms with Crippen molar-refractivity contribution in [1.29, 1.82) is 0 Å². The van der Waals surface area contributed by atoms with E-state index >= 15 is 0 Å². The Hall–Kier alpha value is 0.270. The molecule has 0 aromatic heterocycles. The molecule has 0 aromatic rings. The van der Waals surface area contributed by atoms with Crippen molar-refractivity contribution in [3.05, 3.63) is 0 Å². The normalized spacial score (nSPS) is 34.9. The number of thioether (sulfide) groups is 1. The lowest BCUT2D eigenvalue weighted by molar-refractivity contribution is 0.288. The number of likely N-dealkylation sites (tertiary alicyclic amines) is 1. The van der Waals surface area contributed by atoms with Gasteiger partial charge in [-0.1, -0.05) is 13.8 Å². The highest BCUT2D eigenvalue weighted by molar-refractivity contribution is 8.00. The predicted molar refractivity (Wildman–Crippen MR) is 77.8 cm³/mol. The van der Waals surface area contributed by atoms with Gasteiger partial charge in [0.15, 0.2) is 0 Å². The maximum atomic E-state index is 3.58. The van der Waals surface area contributed by atoms with E-state index in [0.717, 1.165) is 5.92 Å². The van der Waals surface area contributed by atoms with E-state index in [1.54, 1.807) is 0 Å². The molecule has 3 heteroatoms. The summed E-state index contributed by atoms with van der Waals surface area (Å²) < 4.78 is 0.556. The minimum Gasteiger partial charge on any atom is -0.314 e. The number of rotatable bonds is 5. The Morgan fingerprint density at radius 3 is 2.94 bits per heavy atom. The molecule has 0 aromatic carbocycles. The third kappa shape index (κ3) is 4.15. The van der Waals surface area contributed by atoms with Gasteiger partial charge in [0.25, 0.3) is 0 Å². The summed E-state index contributed by atoms with van der Waals surface area (Å²) in [5.74, 6) is 2.26. The Kier molecular flexibility index (Phi) is 4.79. The molecular weight excluding hydrogens is 228 g/mol. The van der Waals surface area contributed by atoms with Crippen LogP contribution in [0.1, 0.15) is 40.0 Å². The summed E-state index contributed by atoms with van der Waals surface area (Å²) in [7, 11) is 0. The highest BCUT2D eigenvalue weighted by Gasteiger charge is 2.33. The van der Waals surface area contributed by atoms with Crippen molar-refractivity contribution >= 4 is 11.8 Å². The molecule has 0 bridgehead atoms. The van der Waals surface area contributed by atoms with Gasteiger partial charge in [0.1, 0.15) is 0 Å². The van der Waals surface area contributed by atoms with E-state index < -0.39 is 0 Å². The molecule has 2 fully saturated rings. The van der Waals surface area contributed by atoms with Crippen LogP contribution in [0.2, 0.25) is 0 Å². The highest BCUT2D eigenvalue weighted by Crippen LogP contribution is 2.39. The molecule has 0 spiro atoms. The zero-order chi connectivity index (χ0) is 12.3. The van der Waals surface area contributed by atoms with Gasteiger partial charge in [0.05, 0.1) is 0 Å². The van der Waals surface area contributed by atoms with Crippen molar-refractivity contribution in [3.63, 3.8) is 0 Å². The number of hydrogen-bond donors (Lipinski definition) is 1. The molecule has 2 atom stereocenters. The van der Waals surface area contributed by atoms with Crippen LogP contribution < -0.4 is 5.32 Å². The molecule has 2 nitrogen and oxygen atoms in total. The van der Waals surface area contributed by atoms with Crippen molar-refractivity contribution in [1.82, 2.24) is 10.2 Å². The molecule has 0 saturated carbocycles. The Balaban J connectivity index is 1.70. The summed E-state index contributed by atoms with van der Waals surface area (Å²) in [5.41, 5.74) is 0. The minimum atomic E-state index is 0.556. The van der Waals surface area contributed by atoms with Crippen LogP contribution in [0, 0.1) is 5.92 Å². The molecule has 2 saturated heterocycles. The summed E-state index contributed by atoms with van der Waals surface area (Å²) in [4.78, 5) is 2.70. The van der Waals surface area contributed by atoms with Crippen molar-refractivity contribution < 1.29 is 0 Å². The monoisotopic (exact) mass is 256 g/mol. The van der Waals surface area contributed by atoms with E-state index in [0.29, 0.717) is 10.8 Å². The Labute approximate surface area is 111 Å². The molecule has 2 unspecified atom stereocenters. The predicted octanol–water partition coefficient (Wildman–Crippen LogP) is 2.59. The van der Waals surface area contributed by atoms with Gasteiger partial charge in [-0.3, -0.25) is 0 Å². The van der Waals surface area contributed by atoms with E-state index in [9.17, 15) is 0 Å². The molecule has 2 rings (SSSR count). The number of nitrogens with one attached hydrogen (secondary N) is 1. The topological polar surface area (TPSA) is 15.3 Å². The lowest BCUT2D eigenvalue weighted by Crippen LogP contribution is -2.37. The fraction of sp³-hybridized carbons (Fsp3) is 1.00. The van der Waals surface area contributed by atoms with Crippen LogP contribution in [0.15, 0.2) is 0 Å². The number of nitrogens with zero attached hydrogens (tertiary/aromatic N) is 1. The molecule has 2 heterocycles. The SMILES string of the molecule is CC(C)NCC1CCN(CC2(C)CCCS2)C1. The van der Waals surface area contributed by atoms with Crippen LogP contribution in [0.4, 0.5) is 0 Å². The average Bonchev–Trinajstić information content (AvgIpc) is 2.85. The fourth-order valence-electron chi connectivity index (χ4n) is 3.06. The van der Waals surface area contributed by atoms with Gasteiger partial charge in [0.2, 0.25) is 0 Å². The van der Waals surface area contributed by atoms with Gasteiger partial charge in [0, 0.05) is 23.9 Å². The van der Waals surface area contributed by atoms with Gasteiger partial charge in [-0.15, -0.1) is 0 Å². The van der Waals surface area contributed by atoms with Crippen LogP contribution in [-0.2, 0) is 0 Å². The first-order valence-electron chi connectivity index (χ1n) is 7.17. The van der Waals surface area contributed by atoms with Crippen LogP contribution in [0.5, 0.6) is 0 Å². The Bertz CT molecular complexity index is 236. The third-order valence-electron chi connectivity index (χ3n) is 4.04. The second-order valence-corrected chi connectivity index (χ2v) is 8.04. The summed E-state index contributed by atoms with van der Waals surface area (Å²) in [6.45, 7) is 12.1. The molecule has 2 aliphatic rings. The number of hydrogen-bond acceptors (Lipinski definition) is 3. The lowest BCUT2D eigenvalue weighted by atomic mass is 10.1. The maximum Gasteiger partial charge on any atom is 0.0259 e. The first-order chi connectivity index (χ1) is 8.07.